The van der Waals surface area contributed by atoms with Crippen LogP contribution in [0.1, 0.15) is 85.4 Å². The minimum absolute atomic E-state index is 0.0726. The van der Waals surface area contributed by atoms with E-state index in [2.05, 4.69) is 0 Å². The van der Waals surface area contributed by atoms with E-state index in [9.17, 15) is 19.5 Å². The summed E-state index contributed by atoms with van der Waals surface area (Å²) in [5.74, 6) is -1.28. The summed E-state index contributed by atoms with van der Waals surface area (Å²) in [7, 11) is 1.40. The second-order valence-corrected chi connectivity index (χ2v) is 10.3. The van der Waals surface area contributed by atoms with Gasteiger partial charge in [-0.1, -0.05) is 81.2 Å². The minimum atomic E-state index is -0.605. The van der Waals surface area contributed by atoms with Crippen LogP contribution in [0.4, 0.5) is 0 Å². The molecule has 0 spiro atoms. The number of benzene rings is 2. The molecule has 0 radical (unpaired) electrons. The Morgan fingerprint density at radius 3 is 1.98 bits per heavy atom. The van der Waals surface area contributed by atoms with E-state index in [1.807, 2.05) is 25.1 Å². The lowest BCUT2D eigenvalue weighted by molar-refractivity contribution is -0.140. The zero-order chi connectivity index (χ0) is 28.7. The molecule has 7 nitrogen and oxygen atoms in total. The Bertz CT molecular complexity index is 1080. The molecule has 1 aliphatic carbocycles. The number of rotatable bonds is 15. The highest BCUT2D eigenvalue weighted by atomic mass is 16.6. The van der Waals surface area contributed by atoms with E-state index in [4.69, 9.17) is 14.2 Å². The number of aliphatic hydroxyl groups is 1. The van der Waals surface area contributed by atoms with Gasteiger partial charge in [0.25, 0.3) is 0 Å². The van der Waals surface area contributed by atoms with Gasteiger partial charge >= 0.3 is 17.9 Å². The fraction of sp³-hybridized carbons (Fsp3) is 0.485. The molecule has 7 heteroatoms. The SMILES string of the molecule is CCC(O)/C=C/[C@H]1[C@@H](CCCCCCCC(=O)OC)[C@H](OC(=O)c2ccccc2)C[C@@H]1OC(=O)c1ccccc1. The lowest BCUT2D eigenvalue weighted by Crippen LogP contribution is -2.26. The first-order valence-corrected chi connectivity index (χ1v) is 14.4. The van der Waals surface area contributed by atoms with Crippen molar-refractivity contribution in [3.63, 3.8) is 0 Å². The lowest BCUT2D eigenvalue weighted by atomic mass is 9.87. The van der Waals surface area contributed by atoms with Gasteiger partial charge in [-0.25, -0.2) is 9.59 Å². The van der Waals surface area contributed by atoms with Crippen LogP contribution in [0, 0.1) is 11.8 Å². The van der Waals surface area contributed by atoms with Crippen molar-refractivity contribution < 1.29 is 33.7 Å². The monoisotopic (exact) mass is 550 g/mol. The van der Waals surface area contributed by atoms with Gasteiger partial charge in [0.2, 0.25) is 0 Å². The molecule has 5 atom stereocenters. The number of methoxy groups -OCH3 is 1. The van der Waals surface area contributed by atoms with E-state index < -0.39 is 30.3 Å². The summed E-state index contributed by atoms with van der Waals surface area (Å²) < 4.78 is 16.8. The van der Waals surface area contributed by atoms with Crippen LogP contribution in [0.15, 0.2) is 72.8 Å². The molecule has 3 rings (SSSR count). The molecule has 1 fully saturated rings. The second kappa shape index (κ2) is 16.6. The van der Waals surface area contributed by atoms with Gasteiger partial charge in [-0.05, 0) is 43.5 Å². The van der Waals surface area contributed by atoms with E-state index in [-0.39, 0.29) is 17.8 Å². The molecule has 1 saturated carbocycles. The average Bonchev–Trinajstić information content (AvgIpc) is 3.30. The maximum absolute atomic E-state index is 13.0. The van der Waals surface area contributed by atoms with Gasteiger partial charge in [0.05, 0.1) is 24.3 Å². The van der Waals surface area contributed by atoms with Crippen LogP contribution in [0.25, 0.3) is 0 Å². The smallest absolute Gasteiger partial charge is 0.338 e. The number of unbranched alkanes of at least 4 members (excludes halogenated alkanes) is 4. The molecule has 0 heterocycles. The number of ether oxygens (including phenoxy) is 3. The molecule has 1 aliphatic rings. The van der Waals surface area contributed by atoms with Crippen molar-refractivity contribution in [1.82, 2.24) is 0 Å². The summed E-state index contributed by atoms with van der Waals surface area (Å²) in [6.07, 6.45) is 8.93. The summed E-state index contributed by atoms with van der Waals surface area (Å²) in [6.45, 7) is 1.90. The van der Waals surface area contributed by atoms with Gasteiger partial charge in [-0.15, -0.1) is 0 Å². The molecule has 1 unspecified atom stereocenters. The summed E-state index contributed by atoms with van der Waals surface area (Å²) >= 11 is 0. The summed E-state index contributed by atoms with van der Waals surface area (Å²) in [4.78, 5) is 37.4. The number of aliphatic hydroxyl groups excluding tert-OH is 1. The van der Waals surface area contributed by atoms with Gasteiger partial charge in [0.15, 0.2) is 0 Å². The second-order valence-electron chi connectivity index (χ2n) is 10.3. The lowest BCUT2D eigenvalue weighted by Gasteiger charge is -2.24. The van der Waals surface area contributed by atoms with Crippen molar-refractivity contribution in [1.29, 1.82) is 0 Å². The first kappa shape index (κ1) is 31.1. The van der Waals surface area contributed by atoms with Crippen LogP contribution in [0.2, 0.25) is 0 Å². The van der Waals surface area contributed by atoms with Crippen molar-refractivity contribution in [2.24, 2.45) is 11.8 Å². The molecule has 0 aromatic heterocycles. The van der Waals surface area contributed by atoms with Crippen molar-refractivity contribution in [2.45, 2.75) is 83.0 Å². The van der Waals surface area contributed by atoms with Crippen molar-refractivity contribution in [3.05, 3.63) is 83.9 Å². The molecule has 0 bridgehead atoms. The third-order valence-corrected chi connectivity index (χ3v) is 7.52. The number of carbonyl (C=O) groups is 3. The van der Waals surface area contributed by atoms with Crippen LogP contribution >= 0.6 is 0 Å². The Morgan fingerprint density at radius 1 is 0.850 bits per heavy atom. The van der Waals surface area contributed by atoms with Crippen LogP contribution in [-0.2, 0) is 19.0 Å². The highest BCUT2D eigenvalue weighted by molar-refractivity contribution is 5.90. The predicted molar refractivity (Wildman–Crippen MR) is 153 cm³/mol. The van der Waals surface area contributed by atoms with Crippen LogP contribution in [0.3, 0.4) is 0 Å². The number of hydrogen-bond acceptors (Lipinski definition) is 7. The Balaban J connectivity index is 1.74. The maximum Gasteiger partial charge on any atom is 0.338 e. The number of carbonyl (C=O) groups excluding carboxylic acids is 3. The van der Waals surface area contributed by atoms with Gasteiger partial charge in [-0.2, -0.15) is 0 Å². The molecule has 0 aliphatic heterocycles. The van der Waals surface area contributed by atoms with E-state index >= 15 is 0 Å². The number of hydrogen-bond donors (Lipinski definition) is 1. The van der Waals surface area contributed by atoms with Gasteiger partial charge in [0, 0.05) is 24.7 Å². The Hall–Kier alpha value is -3.45. The zero-order valence-corrected chi connectivity index (χ0v) is 23.6. The molecule has 216 valence electrons. The van der Waals surface area contributed by atoms with E-state index in [0.717, 1.165) is 38.5 Å². The normalized spacial score (nSPS) is 21.2. The summed E-state index contributed by atoms with van der Waals surface area (Å²) in [5.41, 5.74) is 0.942. The van der Waals surface area contributed by atoms with E-state index in [1.165, 1.54) is 7.11 Å². The number of esters is 3. The average molecular weight is 551 g/mol. The Morgan fingerprint density at radius 2 is 1.40 bits per heavy atom. The predicted octanol–water partition coefficient (Wildman–Crippen LogP) is 6.30. The molecule has 2 aromatic carbocycles. The fourth-order valence-electron chi connectivity index (χ4n) is 5.23. The van der Waals surface area contributed by atoms with Crippen LogP contribution in [-0.4, -0.2) is 48.4 Å². The van der Waals surface area contributed by atoms with Gasteiger partial charge < -0.3 is 19.3 Å². The highest BCUT2D eigenvalue weighted by Gasteiger charge is 2.46. The van der Waals surface area contributed by atoms with Crippen LogP contribution < -0.4 is 0 Å². The van der Waals surface area contributed by atoms with E-state index in [1.54, 1.807) is 54.6 Å². The maximum atomic E-state index is 13.0. The molecule has 1 N–H and O–H groups in total. The molecule has 40 heavy (non-hydrogen) atoms. The van der Waals surface area contributed by atoms with Crippen molar-refractivity contribution in [2.75, 3.05) is 7.11 Å². The summed E-state index contributed by atoms with van der Waals surface area (Å²) in [6, 6.07) is 17.7. The standard InChI is InChI=1S/C33H42O7/c1-3-26(34)21-22-28-27(19-13-5-4-6-14-20-31(35)38-2)29(39-32(36)24-15-9-7-10-16-24)23-30(28)40-33(37)25-17-11-8-12-18-25/h7-12,15-18,21-22,26-30,34H,3-6,13-14,19-20,23H2,1-2H3/b22-21+/t26?,27-,28+,29-,30+/m1/s1. The van der Waals surface area contributed by atoms with Gasteiger partial charge in [0.1, 0.15) is 12.2 Å². The molecular formula is C33H42O7. The molecule has 0 amide bonds. The minimum Gasteiger partial charge on any atom is -0.469 e. The van der Waals surface area contributed by atoms with Crippen LogP contribution in [0.5, 0.6) is 0 Å². The quantitative estimate of drug-likeness (QED) is 0.120. The fourth-order valence-corrected chi connectivity index (χ4v) is 5.23. The Labute approximate surface area is 237 Å². The van der Waals surface area contributed by atoms with E-state index in [0.29, 0.717) is 30.4 Å². The van der Waals surface area contributed by atoms with Crippen molar-refractivity contribution >= 4 is 17.9 Å². The van der Waals surface area contributed by atoms with Crippen molar-refractivity contribution in [3.8, 4) is 0 Å². The topological polar surface area (TPSA) is 99.1 Å². The third kappa shape index (κ3) is 9.63. The first-order chi connectivity index (χ1) is 19.4. The third-order valence-electron chi connectivity index (χ3n) is 7.52. The summed E-state index contributed by atoms with van der Waals surface area (Å²) in [5, 5.41) is 10.3. The van der Waals surface area contributed by atoms with Gasteiger partial charge in [-0.3, -0.25) is 4.79 Å². The largest absolute Gasteiger partial charge is 0.469 e. The molecule has 2 aromatic rings. The Kier molecular flexibility index (Phi) is 12.9. The highest BCUT2D eigenvalue weighted by Crippen LogP contribution is 2.41. The molecule has 0 saturated heterocycles. The first-order valence-electron chi connectivity index (χ1n) is 14.4. The molecular weight excluding hydrogens is 508 g/mol. The zero-order valence-electron chi connectivity index (χ0n) is 23.6.